The van der Waals surface area contributed by atoms with E-state index in [0.717, 1.165) is 16.7 Å². The second kappa shape index (κ2) is 4.37. The second-order valence-electron chi connectivity index (χ2n) is 4.68. The summed E-state index contributed by atoms with van der Waals surface area (Å²) in [7, 11) is 0. The van der Waals surface area contributed by atoms with Crippen molar-refractivity contribution in [2.45, 2.75) is 32.8 Å². The average Bonchev–Trinajstić information content (AvgIpc) is 2.67. The molecule has 0 fully saturated rings. The van der Waals surface area contributed by atoms with Crippen molar-refractivity contribution in [1.82, 2.24) is 0 Å². The van der Waals surface area contributed by atoms with Crippen molar-refractivity contribution in [2.75, 3.05) is 0 Å². The summed E-state index contributed by atoms with van der Waals surface area (Å²) in [6.07, 6.45) is 0.693. The zero-order valence-corrected chi connectivity index (χ0v) is 10.8. The van der Waals surface area contributed by atoms with E-state index in [2.05, 4.69) is 0 Å². The molecule has 2 rings (SSSR count). The first kappa shape index (κ1) is 12.5. The van der Waals surface area contributed by atoms with Crippen molar-refractivity contribution in [2.24, 2.45) is 5.73 Å². The highest BCUT2D eigenvalue weighted by atomic mass is 16.5. The number of nitrogens with two attached hydrogens (primary N) is 1. The lowest BCUT2D eigenvalue weighted by Crippen LogP contribution is -2.43. The molecular formula is C14H17NO3. The molecule has 0 aliphatic rings. The monoisotopic (exact) mass is 247 g/mol. The van der Waals surface area contributed by atoms with Gasteiger partial charge in [0.2, 0.25) is 0 Å². The summed E-state index contributed by atoms with van der Waals surface area (Å²) in [5.41, 5.74) is 5.02. The van der Waals surface area contributed by atoms with Crippen LogP contribution >= 0.6 is 0 Å². The molecule has 0 saturated heterocycles. The first-order valence-electron chi connectivity index (χ1n) is 5.95. The Morgan fingerprint density at radius 1 is 1.39 bits per heavy atom. The van der Waals surface area contributed by atoms with Crippen LogP contribution in [0.3, 0.4) is 0 Å². The van der Waals surface area contributed by atoms with E-state index in [9.17, 15) is 4.79 Å². The highest BCUT2D eigenvalue weighted by Gasteiger charge is 2.30. The first-order chi connectivity index (χ1) is 8.45. The summed E-state index contributed by atoms with van der Waals surface area (Å²) in [4.78, 5) is 11.3. The number of fused-ring (bicyclic) bond motifs is 1. The van der Waals surface area contributed by atoms with Gasteiger partial charge in [-0.25, -0.2) is 0 Å². The third-order valence-corrected chi connectivity index (χ3v) is 2.89. The number of rotatable bonds is 4. The Kier molecular flexibility index (Phi) is 3.03. The zero-order valence-electron chi connectivity index (χ0n) is 10.8. The van der Waals surface area contributed by atoms with E-state index in [4.69, 9.17) is 14.9 Å². The van der Waals surface area contributed by atoms with Crippen LogP contribution in [0.15, 0.2) is 28.7 Å². The van der Waals surface area contributed by atoms with Gasteiger partial charge in [-0.3, -0.25) is 4.79 Å². The number of carbonyl (C=O) groups excluding carboxylic acids is 1. The van der Waals surface area contributed by atoms with E-state index in [1.807, 2.05) is 31.2 Å². The maximum absolute atomic E-state index is 11.3. The largest absolute Gasteiger partial charge is 0.474 e. The number of carbonyl (C=O) groups is 1. The maximum atomic E-state index is 11.3. The van der Waals surface area contributed by atoms with Gasteiger partial charge in [-0.2, -0.15) is 0 Å². The molecule has 1 amide bonds. The summed E-state index contributed by atoms with van der Waals surface area (Å²) in [5.74, 6) is 0.831. The molecule has 0 aliphatic heterocycles. The normalized spacial score (nSPS) is 11.7. The molecule has 0 atom stereocenters. The van der Waals surface area contributed by atoms with Crippen LogP contribution < -0.4 is 10.5 Å². The quantitative estimate of drug-likeness (QED) is 0.903. The molecule has 1 heterocycles. The van der Waals surface area contributed by atoms with E-state index < -0.39 is 11.5 Å². The molecule has 4 nitrogen and oxygen atoms in total. The van der Waals surface area contributed by atoms with E-state index >= 15 is 0 Å². The van der Waals surface area contributed by atoms with Gasteiger partial charge in [0.25, 0.3) is 5.91 Å². The summed E-state index contributed by atoms with van der Waals surface area (Å²) in [5, 5.41) is 0.865. The Hall–Kier alpha value is -1.97. The number of hydrogen-bond acceptors (Lipinski definition) is 3. The average molecular weight is 247 g/mol. The smallest absolute Gasteiger partial charge is 0.261 e. The van der Waals surface area contributed by atoms with Crippen molar-refractivity contribution in [3.05, 3.63) is 30.0 Å². The van der Waals surface area contributed by atoms with Crippen LogP contribution in [0.5, 0.6) is 5.75 Å². The number of benzene rings is 1. The lowest BCUT2D eigenvalue weighted by atomic mass is 10.1. The van der Waals surface area contributed by atoms with Crippen molar-refractivity contribution >= 4 is 16.9 Å². The molecule has 2 aromatic rings. The number of aryl methyl sites for hydroxylation is 1. The minimum Gasteiger partial charge on any atom is -0.474 e. The highest BCUT2D eigenvalue weighted by Crippen LogP contribution is 2.35. The van der Waals surface area contributed by atoms with Gasteiger partial charge >= 0.3 is 0 Å². The predicted octanol–water partition coefficient (Wildman–Crippen LogP) is 2.64. The first-order valence-corrected chi connectivity index (χ1v) is 5.95. The van der Waals surface area contributed by atoms with Crippen LogP contribution in [0, 0.1) is 0 Å². The van der Waals surface area contributed by atoms with Crippen LogP contribution in [0.2, 0.25) is 0 Å². The van der Waals surface area contributed by atoms with E-state index in [0.29, 0.717) is 12.2 Å². The summed E-state index contributed by atoms with van der Waals surface area (Å²) in [6, 6.07) is 7.58. The lowest BCUT2D eigenvalue weighted by Gasteiger charge is -2.22. The highest BCUT2D eigenvalue weighted by molar-refractivity contribution is 5.87. The molecule has 1 aromatic heterocycles. The van der Waals surface area contributed by atoms with Crippen LogP contribution in [0.25, 0.3) is 11.0 Å². The Morgan fingerprint density at radius 3 is 2.67 bits per heavy atom. The Bertz CT molecular complexity index is 584. The topological polar surface area (TPSA) is 65.5 Å². The molecule has 96 valence electrons. The van der Waals surface area contributed by atoms with Crippen LogP contribution in [-0.2, 0) is 11.2 Å². The number of primary amides is 1. The number of amides is 1. The summed E-state index contributed by atoms with van der Waals surface area (Å²) < 4.78 is 11.5. The summed E-state index contributed by atoms with van der Waals surface area (Å²) >= 11 is 0. The Balaban J connectivity index is 2.52. The standard InChI is InChI=1S/C14H17NO3/c1-4-10-12(18-14(2,3)13(15)16)9-7-5-6-8-11(9)17-10/h5-8H,4H2,1-3H3,(H2,15,16). The molecule has 1 aromatic carbocycles. The van der Waals surface area contributed by atoms with Gasteiger partial charge in [0.1, 0.15) is 11.3 Å². The molecule has 4 heteroatoms. The van der Waals surface area contributed by atoms with Crippen LogP contribution in [0.1, 0.15) is 26.5 Å². The Labute approximate surface area is 106 Å². The molecule has 0 bridgehead atoms. The van der Waals surface area contributed by atoms with E-state index in [1.54, 1.807) is 13.8 Å². The molecule has 0 radical (unpaired) electrons. The van der Waals surface area contributed by atoms with Crippen molar-refractivity contribution < 1.29 is 13.9 Å². The van der Waals surface area contributed by atoms with Gasteiger partial charge in [-0.1, -0.05) is 19.1 Å². The SMILES string of the molecule is CCc1oc2ccccc2c1OC(C)(C)C(N)=O. The number of ether oxygens (including phenoxy) is 1. The van der Waals surface area contributed by atoms with Gasteiger partial charge in [0.15, 0.2) is 11.4 Å². The molecule has 18 heavy (non-hydrogen) atoms. The van der Waals surface area contributed by atoms with Crippen LogP contribution in [0.4, 0.5) is 0 Å². The lowest BCUT2D eigenvalue weighted by molar-refractivity contribution is -0.130. The van der Waals surface area contributed by atoms with Gasteiger partial charge in [-0.05, 0) is 26.0 Å². The predicted molar refractivity (Wildman–Crippen MR) is 69.5 cm³/mol. The van der Waals surface area contributed by atoms with Crippen LogP contribution in [-0.4, -0.2) is 11.5 Å². The van der Waals surface area contributed by atoms with Gasteiger partial charge < -0.3 is 14.9 Å². The van der Waals surface area contributed by atoms with Gasteiger partial charge in [0.05, 0.1) is 5.39 Å². The zero-order chi connectivity index (χ0) is 13.3. The molecule has 0 saturated carbocycles. The number of furan rings is 1. The number of para-hydroxylation sites is 1. The fourth-order valence-corrected chi connectivity index (χ4v) is 1.72. The fraction of sp³-hybridized carbons (Fsp3) is 0.357. The molecule has 0 spiro atoms. The summed E-state index contributed by atoms with van der Waals surface area (Å²) in [6.45, 7) is 5.27. The minimum absolute atomic E-state index is 0.505. The van der Waals surface area contributed by atoms with Gasteiger partial charge in [-0.15, -0.1) is 0 Å². The second-order valence-corrected chi connectivity index (χ2v) is 4.68. The minimum atomic E-state index is -1.06. The van der Waals surface area contributed by atoms with E-state index in [-0.39, 0.29) is 0 Å². The number of hydrogen-bond donors (Lipinski definition) is 1. The third kappa shape index (κ3) is 2.06. The van der Waals surface area contributed by atoms with E-state index in [1.165, 1.54) is 0 Å². The molecule has 2 N–H and O–H groups in total. The van der Waals surface area contributed by atoms with Crippen molar-refractivity contribution in [1.29, 1.82) is 0 Å². The fourth-order valence-electron chi connectivity index (χ4n) is 1.72. The van der Waals surface area contributed by atoms with Gasteiger partial charge in [0, 0.05) is 6.42 Å². The molecule has 0 unspecified atom stereocenters. The van der Waals surface area contributed by atoms with Crippen molar-refractivity contribution in [3.63, 3.8) is 0 Å². The molecule has 0 aliphatic carbocycles. The maximum Gasteiger partial charge on any atom is 0.261 e. The Morgan fingerprint density at radius 2 is 2.06 bits per heavy atom. The third-order valence-electron chi connectivity index (χ3n) is 2.89. The molecular weight excluding hydrogens is 230 g/mol. The van der Waals surface area contributed by atoms with Crippen molar-refractivity contribution in [3.8, 4) is 5.75 Å².